The molecule has 4 fully saturated rings. The average Bonchev–Trinajstić information content (AvgIpc) is 1.64. The van der Waals surface area contributed by atoms with Gasteiger partial charge in [0.25, 0.3) is 11.8 Å². The molecule has 0 radical (unpaired) electrons. The number of hydrogen-bond donors (Lipinski definition) is 9. The standard InChI is InChI=1S/C51H68N6O10.C50H65N5O10.CH6NO.3CH4O3S/c1-34(2)26-42(47(60)51(6)33-66-51)54-50(63)44(29-38-16-12-9-13-17-38)56-49(62)43(27-35(3)4)55-48(61)41(20-18-37-14-10-8-11-15-37)53-46(59)32-57(22-24-65-25-23-57)31-39-19-21-45(67-36(5)58)40(28-39)30-52-64-7;1-33(2)25-41(46(59)50(6)32-64-50)52-49(62)43(28-37-15-11-8-12-16-37)54-48(61)42(26-34(3)4)53-47(60)40(19-17-36-13-9-7-10-14-36)51-45(58)30-55(21-23-63-24-22-55)29-38-18-20-44(65-35(5)57)39(27-38)31-56;1-3-2;3*1-5(2,3)4/h8-17,19,21,28,30,34-35,41-44H,18,20,22-27,29,31-33H2,1-7H3,(H3-,53,54,55,56,59,61,62,63);7-16,18,20,27,31,33-34,40-43H,17,19,21-26,28-30,32H2,1-6H3,(H3-,51,52,53,54,58,60,61,62);1-2H3;3*1H3,(H,2,3,4)/q;;+1;;;/p-1/b52-30+;;;;;/t41-,42-,43-,44-,51+;40-,41-,42-,43-,50+;;;;/m00..../s1. The second kappa shape index (κ2) is 62.7. The fraction of sp³-hybridized carbons (Fsp3) is 0.524. The Kier molecular flexibility index (Phi) is 53.6. The SMILES string of the molecule is CC(=O)Oc1ccc(C[N+]2(CC(=O)N[C@@H](CCc3ccccc3)C(=O)N[C@@H](CC(C)C)C(=O)N[C@@H](Cc3ccccc3)C(=O)N[C@@H](CC(C)C)C(=O)[C@@]3(C)CO3)CCOCC2)cc1C=O.CO/N=C/c1cc(C[N+]2(CC(=O)N[C@@H](CCc3ccccc3)C(=O)N[C@@H](CC(C)C)C(=O)N[C@@H](Cc3ccccc3)C(=O)N[C@@H](CC(C)C)C(=O)[C@@]3(C)CO3)CCOCC2)ccc1OC(C)=O.CO[NH3+].CS(=O)(=O)[O-].CS(=O)(=O)[O-].CS(=O)(=O)[O-]. The number of oxime groups is 1. The molecule has 0 aromatic heterocycles. The predicted octanol–water partition coefficient (Wildman–Crippen LogP) is 4.51. The summed E-state index contributed by atoms with van der Waals surface area (Å²) in [6.45, 7) is 26.6. The maximum Gasteiger partial charge on any atom is 0.308 e. The summed E-state index contributed by atoms with van der Waals surface area (Å²) >= 11 is 0. The maximum atomic E-state index is 14.5. The van der Waals surface area contributed by atoms with Gasteiger partial charge in [0, 0.05) is 62.1 Å². The van der Waals surface area contributed by atoms with E-state index < -0.39 is 137 Å². The number of epoxide rings is 2. The average molecular weight is 2160 g/mol. The van der Waals surface area contributed by atoms with Gasteiger partial charge in [-0.25, -0.2) is 36.0 Å². The monoisotopic (exact) mass is 2150 g/mol. The normalized spacial score (nSPS) is 17.4. The van der Waals surface area contributed by atoms with Gasteiger partial charge < -0.3 is 98.4 Å². The molecule has 11 N–H and O–H groups in total. The van der Waals surface area contributed by atoms with E-state index in [0.717, 1.165) is 33.4 Å². The van der Waals surface area contributed by atoms with Crippen molar-refractivity contribution in [2.24, 2.45) is 28.8 Å². The number of morpholine rings is 2. The fourth-order valence-corrected chi connectivity index (χ4v) is 16.5. The lowest BCUT2D eigenvalue weighted by Crippen LogP contribution is -2.61. The first-order chi connectivity index (χ1) is 70.4. The van der Waals surface area contributed by atoms with Gasteiger partial charge >= 0.3 is 11.9 Å². The Morgan fingerprint density at radius 3 is 0.960 bits per heavy atom. The van der Waals surface area contributed by atoms with Crippen molar-refractivity contribution in [3.8, 4) is 11.5 Å². The lowest BCUT2D eigenvalue weighted by molar-refractivity contribution is -0.940. The zero-order valence-electron chi connectivity index (χ0n) is 88.6. The molecule has 0 spiro atoms. The van der Waals surface area contributed by atoms with Crippen LogP contribution in [0.2, 0.25) is 0 Å². The molecule has 8 amide bonds. The summed E-state index contributed by atoms with van der Waals surface area (Å²) in [6, 6.07) is 40.0. The summed E-state index contributed by atoms with van der Waals surface area (Å²) in [6.07, 6.45) is 6.81. The van der Waals surface area contributed by atoms with Crippen molar-refractivity contribution in [3.63, 3.8) is 0 Å². The van der Waals surface area contributed by atoms with E-state index >= 15 is 0 Å². The zero-order valence-corrected chi connectivity index (χ0v) is 91.0. The van der Waals surface area contributed by atoms with Crippen LogP contribution in [0.15, 0.2) is 163 Å². The fourth-order valence-electron chi connectivity index (χ4n) is 16.5. The first kappa shape index (κ1) is 128. The molecular formula is C105H150N12O30S3. The Labute approximate surface area is 879 Å². The lowest BCUT2D eigenvalue weighted by Gasteiger charge is -2.41. The molecule has 150 heavy (non-hydrogen) atoms. The van der Waals surface area contributed by atoms with Crippen LogP contribution in [0.1, 0.15) is 171 Å². The van der Waals surface area contributed by atoms with Crippen molar-refractivity contribution >= 4 is 114 Å². The highest BCUT2D eigenvalue weighted by atomic mass is 32.2. The lowest BCUT2D eigenvalue weighted by atomic mass is 9.93. The summed E-state index contributed by atoms with van der Waals surface area (Å²) in [5.74, 6) is -1.97. The number of amides is 8. The van der Waals surface area contributed by atoms with E-state index in [9.17, 15) is 62.3 Å². The Bertz CT molecular complexity index is 5680. The molecule has 4 aliphatic rings. The highest BCUT2D eigenvalue weighted by molar-refractivity contribution is 7.85. The van der Waals surface area contributed by atoms with Crippen LogP contribution in [0.5, 0.6) is 11.5 Å². The number of Topliss-reactive ketones (excluding diaryl/α,β-unsaturated/α-hetero) is 2. The molecule has 0 saturated carbocycles. The summed E-state index contributed by atoms with van der Waals surface area (Å²) in [7, 11) is -8.82. The van der Waals surface area contributed by atoms with Crippen molar-refractivity contribution in [3.05, 3.63) is 202 Å². The maximum absolute atomic E-state index is 14.5. The van der Waals surface area contributed by atoms with E-state index in [-0.39, 0.29) is 128 Å². The van der Waals surface area contributed by atoms with Crippen molar-refractivity contribution < 1.29 is 154 Å². The number of ether oxygens (including phenoxy) is 6. The van der Waals surface area contributed by atoms with Crippen LogP contribution in [0.25, 0.3) is 0 Å². The van der Waals surface area contributed by atoms with E-state index in [0.29, 0.717) is 132 Å². The number of aryl methyl sites for hydroxylation is 2. The number of quaternary nitrogens is 3. The molecule has 4 heterocycles. The van der Waals surface area contributed by atoms with Gasteiger partial charge in [0.1, 0.15) is 105 Å². The van der Waals surface area contributed by atoms with Crippen LogP contribution in [-0.4, -0.2) is 303 Å². The van der Waals surface area contributed by atoms with Crippen LogP contribution in [0, 0.1) is 23.7 Å². The van der Waals surface area contributed by atoms with Crippen LogP contribution in [-0.2, 0) is 155 Å². The first-order valence-electron chi connectivity index (χ1n) is 49.3. The largest absolute Gasteiger partial charge is 0.748 e. The van der Waals surface area contributed by atoms with Gasteiger partial charge in [-0.05, 0) is 148 Å². The molecule has 10 rings (SSSR count). The first-order valence-corrected chi connectivity index (χ1v) is 54.8. The number of nitrogens with zero attached hydrogens (tertiary/aromatic N) is 3. The number of benzene rings is 6. The minimum Gasteiger partial charge on any atom is -0.748 e. The molecule has 42 nitrogen and oxygen atoms in total. The smallest absolute Gasteiger partial charge is 0.308 e. The van der Waals surface area contributed by atoms with Crippen LogP contribution < -0.4 is 57.9 Å². The second-order valence-electron chi connectivity index (χ2n) is 39.6. The van der Waals surface area contributed by atoms with E-state index in [1.165, 1.54) is 34.3 Å². The molecule has 45 heteroatoms. The van der Waals surface area contributed by atoms with Crippen molar-refractivity contribution in [1.82, 2.24) is 42.5 Å². The van der Waals surface area contributed by atoms with Gasteiger partial charge in [0.15, 0.2) is 30.9 Å². The third kappa shape index (κ3) is 51.2. The summed E-state index contributed by atoms with van der Waals surface area (Å²) in [5, 5.41) is 27.5. The van der Waals surface area contributed by atoms with Crippen molar-refractivity contribution in [2.45, 2.75) is 220 Å². The number of ketones is 2. The van der Waals surface area contributed by atoms with E-state index in [2.05, 4.69) is 58.4 Å². The van der Waals surface area contributed by atoms with Gasteiger partial charge in [0.05, 0.1) is 101 Å². The summed E-state index contributed by atoms with van der Waals surface area (Å²) in [4.78, 5) is 186. The quantitative estimate of drug-likeness (QED) is 0.00370. The Hall–Kier alpha value is -12.1. The highest BCUT2D eigenvalue weighted by Gasteiger charge is 2.52. The molecular weight excluding hydrogens is 2010 g/mol. The molecule has 0 bridgehead atoms. The van der Waals surface area contributed by atoms with Crippen molar-refractivity contribution in [1.29, 1.82) is 0 Å². The van der Waals surface area contributed by atoms with E-state index in [4.69, 9.17) is 72.2 Å². The minimum absolute atomic E-state index is 0.00162. The number of carbonyl (C=O) groups excluding carboxylic acids is 13. The van der Waals surface area contributed by atoms with Crippen LogP contribution in [0.3, 0.4) is 0 Å². The zero-order chi connectivity index (χ0) is 112. The second-order valence-corrected chi connectivity index (χ2v) is 43.8. The molecule has 6 aromatic rings. The van der Waals surface area contributed by atoms with Gasteiger partial charge in [-0.1, -0.05) is 182 Å². The number of rotatable bonds is 49. The number of carbonyl (C=O) groups is 13. The number of nitrogens with one attached hydrogen (secondary N) is 8. The van der Waals surface area contributed by atoms with E-state index in [1.807, 2.05) is 189 Å². The summed E-state index contributed by atoms with van der Waals surface area (Å²) in [5.41, 5.74) is 3.94. The predicted molar refractivity (Wildman–Crippen MR) is 553 cm³/mol. The summed E-state index contributed by atoms with van der Waals surface area (Å²) < 4.78 is 115. The molecule has 10 atom stereocenters. The minimum atomic E-state index is -3.92. The molecule has 4 aliphatic heterocycles. The third-order valence-electron chi connectivity index (χ3n) is 23.7. The van der Waals surface area contributed by atoms with Gasteiger partial charge in [-0.3, -0.25) is 62.3 Å². The molecule has 6 aromatic carbocycles. The number of esters is 2. The third-order valence-corrected chi connectivity index (χ3v) is 23.7. The van der Waals surface area contributed by atoms with Gasteiger partial charge in [-0.15, -0.1) is 0 Å². The van der Waals surface area contributed by atoms with E-state index in [1.54, 1.807) is 38.1 Å². The Morgan fingerprint density at radius 1 is 0.407 bits per heavy atom. The Morgan fingerprint density at radius 2 is 0.673 bits per heavy atom. The van der Waals surface area contributed by atoms with Crippen LogP contribution in [0.4, 0.5) is 0 Å². The number of hydrogen-bond acceptors (Lipinski definition) is 31. The van der Waals surface area contributed by atoms with Gasteiger partial charge in [0.2, 0.25) is 35.4 Å². The topological polar surface area (TPSA) is 610 Å². The van der Waals surface area contributed by atoms with Crippen LogP contribution >= 0.6 is 0 Å². The molecule has 828 valence electrons. The highest BCUT2D eigenvalue weighted by Crippen LogP contribution is 2.33. The Balaban J connectivity index is 0.000000453. The van der Waals surface area contributed by atoms with Crippen molar-refractivity contribution in [2.75, 3.05) is 112 Å². The molecule has 0 aliphatic carbocycles. The number of aldehydes is 1. The van der Waals surface area contributed by atoms with Gasteiger partial charge in [-0.2, -0.15) is 0 Å². The molecule has 4 saturated heterocycles. The molecule has 0 unspecified atom stereocenters.